The van der Waals surface area contributed by atoms with Crippen LogP contribution in [-0.4, -0.2) is 23.1 Å². The number of aromatic nitrogens is 2. The van der Waals surface area contributed by atoms with Gasteiger partial charge in [-0.3, -0.25) is 0 Å². The molecule has 0 N–H and O–H groups in total. The van der Waals surface area contributed by atoms with Crippen molar-refractivity contribution in [2.75, 3.05) is 13.1 Å². The standard InChI is InChI=1S/C33H34Cl4N4.2CH3.Zr/c1-18-12-20(3)28(21(4)13-18)30-24(34)16-26(36)32(40-30)38-10-8-7-9-11-39-33-27(37)17-25(35)31(41-33)29-22(5)14-19(2)15-23(29)6;;;/h12-17H,7-11H2,1-6H3;2*1H3;/q-2;2*-1;+4. The molecule has 0 spiro atoms. The Balaban J connectivity index is 0.00000323. The van der Waals surface area contributed by atoms with E-state index >= 15 is 0 Å². The average molecular weight is 750 g/mol. The van der Waals surface area contributed by atoms with Crippen molar-refractivity contribution in [1.29, 1.82) is 0 Å². The summed E-state index contributed by atoms with van der Waals surface area (Å²) in [7, 11) is 0. The first-order valence-electron chi connectivity index (χ1n) is 13.7. The molecule has 0 bridgehead atoms. The van der Waals surface area contributed by atoms with Gasteiger partial charge in [-0.15, -0.1) is 0 Å². The van der Waals surface area contributed by atoms with Crippen LogP contribution in [-0.2, 0) is 26.2 Å². The fourth-order valence-corrected chi connectivity index (χ4v) is 6.39. The van der Waals surface area contributed by atoms with Gasteiger partial charge in [0.25, 0.3) is 0 Å². The summed E-state index contributed by atoms with van der Waals surface area (Å²) >= 11 is 26.0. The van der Waals surface area contributed by atoms with Crippen molar-refractivity contribution in [3.63, 3.8) is 0 Å². The zero-order valence-corrected chi connectivity index (χ0v) is 32.3. The van der Waals surface area contributed by atoms with Gasteiger partial charge in [-0.1, -0.05) is 114 Å². The van der Waals surface area contributed by atoms with Crippen molar-refractivity contribution in [2.24, 2.45) is 0 Å². The Bertz CT molecular complexity index is 1430. The van der Waals surface area contributed by atoms with Crippen LogP contribution in [0.5, 0.6) is 0 Å². The molecule has 0 aliphatic carbocycles. The number of hydrogen-bond donors (Lipinski definition) is 0. The maximum atomic E-state index is 6.55. The SMILES string of the molecule is Cc1cc(C)c(-c2nc([N-]CCCCC[N-]c3nc(-c4c(C)cc(C)cc4C)c(Cl)cc3Cl)c(Cl)cc2Cl)c(C)c1.[CH3-].[CH3-].[Zr+4]. The summed E-state index contributed by atoms with van der Waals surface area (Å²) in [5.41, 5.74) is 10.4. The van der Waals surface area contributed by atoms with Crippen LogP contribution in [0.15, 0.2) is 36.4 Å². The fourth-order valence-electron chi connectivity index (χ4n) is 5.36. The van der Waals surface area contributed by atoms with E-state index in [1.807, 2.05) is 0 Å². The van der Waals surface area contributed by atoms with Crippen molar-refractivity contribution in [3.05, 3.63) is 115 Å². The number of rotatable bonds is 10. The van der Waals surface area contributed by atoms with Crippen LogP contribution in [0, 0.1) is 56.4 Å². The molecule has 0 aliphatic rings. The van der Waals surface area contributed by atoms with Gasteiger partial charge in [0, 0.05) is 20.1 Å². The number of pyridine rings is 2. The third-order valence-electron chi connectivity index (χ3n) is 6.99. The Labute approximate surface area is 303 Å². The molecule has 0 aliphatic heterocycles. The summed E-state index contributed by atoms with van der Waals surface area (Å²) in [5, 5.41) is 11.3. The molecule has 0 atom stereocenters. The number of benzene rings is 2. The van der Waals surface area contributed by atoms with Gasteiger partial charge in [-0.2, -0.15) is 0 Å². The minimum absolute atomic E-state index is 0. The van der Waals surface area contributed by atoms with E-state index in [4.69, 9.17) is 56.4 Å². The normalized spacial score (nSPS) is 10.4. The third kappa shape index (κ3) is 9.69. The minimum Gasteiger partial charge on any atom is -0.464 e. The third-order valence-corrected chi connectivity index (χ3v) is 8.12. The van der Waals surface area contributed by atoms with Crippen molar-refractivity contribution in [2.45, 2.75) is 60.8 Å². The van der Waals surface area contributed by atoms with Gasteiger partial charge < -0.3 is 35.5 Å². The molecule has 4 aromatic rings. The molecule has 9 heteroatoms. The number of hydrogen-bond acceptors (Lipinski definition) is 2. The molecule has 44 heavy (non-hydrogen) atoms. The Kier molecular flexibility index (Phi) is 16.4. The quantitative estimate of drug-likeness (QED) is 0.120. The molecule has 0 radical (unpaired) electrons. The van der Waals surface area contributed by atoms with Crippen molar-refractivity contribution in [3.8, 4) is 22.5 Å². The zero-order chi connectivity index (χ0) is 29.8. The van der Waals surface area contributed by atoms with Crippen LogP contribution in [0.25, 0.3) is 33.1 Å². The predicted octanol–water partition coefficient (Wildman–Crippen LogP) is 13.1. The molecular weight excluding hydrogens is 709 g/mol. The second kappa shape index (κ2) is 17.9. The maximum Gasteiger partial charge on any atom is 4.00 e. The largest absolute Gasteiger partial charge is 4.00 e. The van der Waals surface area contributed by atoms with E-state index in [0.29, 0.717) is 56.2 Å². The number of nitrogens with zero attached hydrogens (tertiary/aromatic N) is 4. The van der Waals surface area contributed by atoms with E-state index in [0.717, 1.165) is 52.6 Å². The van der Waals surface area contributed by atoms with Gasteiger partial charge in [0.05, 0.1) is 0 Å². The molecule has 0 amide bonds. The predicted molar refractivity (Wildman–Crippen MR) is 190 cm³/mol. The second-order valence-electron chi connectivity index (χ2n) is 10.6. The number of halogens is 4. The van der Waals surface area contributed by atoms with E-state index in [2.05, 4.69) is 76.4 Å². The van der Waals surface area contributed by atoms with Crippen molar-refractivity contribution >= 4 is 58.0 Å². The van der Waals surface area contributed by atoms with E-state index < -0.39 is 0 Å². The first kappa shape index (κ1) is 40.4. The fraction of sp³-hybridized carbons (Fsp3) is 0.314. The van der Waals surface area contributed by atoms with E-state index in [1.165, 1.54) is 11.1 Å². The topological polar surface area (TPSA) is 54.0 Å². The van der Waals surface area contributed by atoms with Gasteiger partial charge in [-0.25, -0.2) is 0 Å². The number of unbranched alkanes of at least 4 members (excludes halogenated alkanes) is 2. The molecule has 2 heterocycles. The smallest absolute Gasteiger partial charge is 0.464 e. The molecule has 4 nitrogen and oxygen atoms in total. The van der Waals surface area contributed by atoms with Gasteiger partial charge in [0.2, 0.25) is 0 Å². The van der Waals surface area contributed by atoms with Crippen LogP contribution in [0.3, 0.4) is 0 Å². The molecule has 4 rings (SSSR count). The Morgan fingerprint density at radius 3 is 1.14 bits per heavy atom. The van der Waals surface area contributed by atoms with E-state index in [1.54, 1.807) is 12.1 Å². The first-order chi connectivity index (χ1) is 19.5. The van der Waals surface area contributed by atoms with Crippen molar-refractivity contribution < 1.29 is 26.2 Å². The summed E-state index contributed by atoms with van der Waals surface area (Å²) in [6, 6.07) is 12.0. The monoisotopic (exact) mass is 746 g/mol. The molecule has 0 unspecified atom stereocenters. The molecular formula is C35H40Cl4N4Zr. The molecule has 0 fully saturated rings. The van der Waals surface area contributed by atoms with Gasteiger partial charge >= 0.3 is 26.2 Å². The Morgan fingerprint density at radius 2 is 0.818 bits per heavy atom. The first-order valence-corrected chi connectivity index (χ1v) is 15.2. The Hall–Kier alpha value is -1.62. The van der Waals surface area contributed by atoms with Crippen molar-refractivity contribution in [1.82, 2.24) is 9.97 Å². The molecule has 0 saturated heterocycles. The average Bonchev–Trinajstić information content (AvgIpc) is 2.86. The minimum atomic E-state index is 0. The van der Waals surface area contributed by atoms with Crippen LogP contribution in [0.4, 0.5) is 11.6 Å². The summed E-state index contributed by atoms with van der Waals surface area (Å²) in [6.45, 7) is 13.7. The summed E-state index contributed by atoms with van der Waals surface area (Å²) < 4.78 is 0. The molecule has 2 aromatic heterocycles. The van der Waals surface area contributed by atoms with Crippen LogP contribution >= 0.6 is 46.4 Å². The Morgan fingerprint density at radius 1 is 0.500 bits per heavy atom. The van der Waals surface area contributed by atoms with Crippen LogP contribution in [0.1, 0.15) is 52.6 Å². The number of aryl methyl sites for hydroxylation is 6. The summed E-state index contributed by atoms with van der Waals surface area (Å²) in [5.74, 6) is 1.03. The van der Waals surface area contributed by atoms with Crippen LogP contribution < -0.4 is 0 Å². The maximum absolute atomic E-state index is 6.55. The molecule has 232 valence electrons. The van der Waals surface area contributed by atoms with E-state index in [-0.39, 0.29) is 41.1 Å². The van der Waals surface area contributed by atoms with Crippen LogP contribution in [0.2, 0.25) is 20.1 Å². The second-order valence-corrected chi connectivity index (χ2v) is 12.2. The summed E-state index contributed by atoms with van der Waals surface area (Å²) in [6.07, 6.45) is 2.70. The molecule has 2 aromatic carbocycles. The van der Waals surface area contributed by atoms with Gasteiger partial charge in [0.1, 0.15) is 0 Å². The van der Waals surface area contributed by atoms with E-state index in [9.17, 15) is 0 Å². The zero-order valence-electron chi connectivity index (χ0n) is 26.8. The van der Waals surface area contributed by atoms with Gasteiger partial charge in [0.15, 0.2) is 0 Å². The molecule has 0 saturated carbocycles. The van der Waals surface area contributed by atoms with Gasteiger partial charge in [-0.05, 0) is 110 Å². The summed E-state index contributed by atoms with van der Waals surface area (Å²) in [4.78, 5) is 9.50.